The molecule has 0 saturated heterocycles. The van der Waals surface area contributed by atoms with Gasteiger partial charge in [-0.2, -0.15) is 13.2 Å². The third-order valence-corrected chi connectivity index (χ3v) is 5.68. The van der Waals surface area contributed by atoms with E-state index in [1.54, 1.807) is 17.5 Å². The zero-order valence-electron chi connectivity index (χ0n) is 14.2. The number of nitrogens with one attached hydrogen (secondary N) is 1. The number of aromatic nitrogens is 1. The summed E-state index contributed by atoms with van der Waals surface area (Å²) in [6.45, 7) is 0.166. The Morgan fingerprint density at radius 1 is 1.19 bits per heavy atom. The van der Waals surface area contributed by atoms with Crippen molar-refractivity contribution >= 4 is 22.4 Å². The highest BCUT2D eigenvalue weighted by molar-refractivity contribution is 7.14. The minimum atomic E-state index is -4.36. The van der Waals surface area contributed by atoms with Gasteiger partial charge in [-0.3, -0.25) is 4.79 Å². The van der Waals surface area contributed by atoms with E-state index in [0.717, 1.165) is 5.56 Å². The second kappa shape index (κ2) is 7.03. The van der Waals surface area contributed by atoms with Gasteiger partial charge < -0.3 is 14.8 Å². The largest absolute Gasteiger partial charge is 0.454 e. The third kappa shape index (κ3) is 3.73. The summed E-state index contributed by atoms with van der Waals surface area (Å²) in [6.07, 6.45) is -2.98. The number of alkyl halides is 3. The van der Waals surface area contributed by atoms with Gasteiger partial charge in [0.25, 0.3) is 0 Å². The van der Waals surface area contributed by atoms with Crippen molar-refractivity contribution in [2.75, 3.05) is 12.1 Å². The number of halogens is 3. The van der Waals surface area contributed by atoms with E-state index in [-0.39, 0.29) is 19.6 Å². The molecule has 27 heavy (non-hydrogen) atoms. The van der Waals surface area contributed by atoms with Gasteiger partial charge in [0.2, 0.25) is 12.7 Å². The Morgan fingerprint density at radius 2 is 1.96 bits per heavy atom. The Hall–Kier alpha value is -2.29. The number of thiazole rings is 1. The fraction of sp³-hybridized carbons (Fsp3) is 0.444. The molecule has 0 bridgehead atoms. The van der Waals surface area contributed by atoms with Gasteiger partial charge in [-0.1, -0.05) is 12.8 Å². The molecule has 5 nitrogen and oxygen atoms in total. The molecule has 144 valence electrons. The average molecular weight is 398 g/mol. The number of rotatable bonds is 3. The lowest BCUT2D eigenvalue weighted by Gasteiger charge is -2.31. The summed E-state index contributed by atoms with van der Waals surface area (Å²) in [5.41, 5.74) is 1.39. The smallest absolute Gasteiger partial charge is 0.392 e. The summed E-state index contributed by atoms with van der Waals surface area (Å²) in [6, 6.07) is 5.37. The lowest BCUT2D eigenvalue weighted by Crippen LogP contribution is -2.39. The topological polar surface area (TPSA) is 60.5 Å². The van der Waals surface area contributed by atoms with Crippen LogP contribution in [-0.2, 0) is 4.79 Å². The zero-order chi connectivity index (χ0) is 19.0. The molecule has 1 aliphatic heterocycles. The normalized spacial score (nSPS) is 21.9. The Kier molecular flexibility index (Phi) is 4.71. The number of nitrogens with zero attached hydrogens (tertiary/aromatic N) is 1. The highest BCUT2D eigenvalue weighted by Crippen LogP contribution is 2.42. The summed E-state index contributed by atoms with van der Waals surface area (Å²) >= 11 is 1.18. The van der Waals surface area contributed by atoms with E-state index in [0.29, 0.717) is 35.2 Å². The van der Waals surface area contributed by atoms with Gasteiger partial charge in [-0.25, -0.2) is 4.98 Å². The minimum absolute atomic E-state index is 0.00189. The minimum Gasteiger partial charge on any atom is -0.454 e. The molecule has 1 aliphatic carbocycles. The molecule has 1 saturated carbocycles. The van der Waals surface area contributed by atoms with Gasteiger partial charge in [-0.15, -0.1) is 11.3 Å². The van der Waals surface area contributed by atoms with Crippen LogP contribution in [0.1, 0.15) is 25.7 Å². The molecule has 1 amide bonds. The van der Waals surface area contributed by atoms with Crippen LogP contribution in [0.15, 0.2) is 23.6 Å². The summed E-state index contributed by atoms with van der Waals surface area (Å²) in [5, 5.41) is 4.60. The summed E-state index contributed by atoms with van der Waals surface area (Å²) < 4.78 is 50.2. The van der Waals surface area contributed by atoms with Crippen LogP contribution in [0.4, 0.5) is 18.3 Å². The standard InChI is InChI=1S/C18H17F3N2O3S/c19-18(20,21)12-4-2-1-3-11(12)16(24)23-17-22-13(8-27-17)10-5-6-14-15(7-10)26-9-25-14/h5-8,11-12H,1-4,9H2,(H,22,23,24)/t11-,12+/m1/s1. The van der Waals surface area contributed by atoms with Crippen LogP contribution in [0, 0.1) is 11.8 Å². The van der Waals surface area contributed by atoms with Gasteiger partial charge in [0.15, 0.2) is 16.6 Å². The summed E-state index contributed by atoms with van der Waals surface area (Å²) in [7, 11) is 0. The number of hydrogen-bond donors (Lipinski definition) is 1. The quantitative estimate of drug-likeness (QED) is 0.803. The van der Waals surface area contributed by atoms with Crippen LogP contribution >= 0.6 is 11.3 Å². The van der Waals surface area contributed by atoms with Crippen molar-refractivity contribution in [3.05, 3.63) is 23.6 Å². The number of carbonyl (C=O) groups excluding carboxylic acids is 1. The highest BCUT2D eigenvalue weighted by atomic mass is 32.1. The number of ether oxygens (including phenoxy) is 2. The number of amides is 1. The second-order valence-electron chi connectivity index (χ2n) is 6.63. The van der Waals surface area contributed by atoms with Crippen molar-refractivity contribution in [1.82, 2.24) is 4.98 Å². The molecule has 4 rings (SSSR count). The molecule has 1 aromatic heterocycles. The maximum absolute atomic E-state index is 13.2. The van der Waals surface area contributed by atoms with E-state index in [4.69, 9.17) is 9.47 Å². The molecule has 0 spiro atoms. The Bertz CT molecular complexity index is 853. The molecule has 1 fully saturated rings. The first-order valence-electron chi connectivity index (χ1n) is 8.65. The predicted octanol–water partition coefficient (Wildman–Crippen LogP) is 4.85. The SMILES string of the molecule is O=C(Nc1nc(-c2ccc3c(c2)OCO3)cs1)[C@@H]1CCCC[C@@H]1C(F)(F)F. The van der Waals surface area contributed by atoms with Crippen LogP contribution in [0.25, 0.3) is 11.3 Å². The van der Waals surface area contributed by atoms with E-state index in [9.17, 15) is 18.0 Å². The fourth-order valence-corrected chi connectivity index (χ4v) is 4.28. The van der Waals surface area contributed by atoms with Crippen molar-refractivity contribution in [3.63, 3.8) is 0 Å². The molecular weight excluding hydrogens is 381 g/mol. The van der Waals surface area contributed by atoms with E-state index in [2.05, 4.69) is 10.3 Å². The van der Waals surface area contributed by atoms with E-state index in [1.165, 1.54) is 11.3 Å². The number of carbonyl (C=O) groups is 1. The van der Waals surface area contributed by atoms with Crippen LogP contribution in [0.2, 0.25) is 0 Å². The third-order valence-electron chi connectivity index (χ3n) is 4.93. The molecule has 1 N–H and O–H groups in total. The predicted molar refractivity (Wildman–Crippen MR) is 93.8 cm³/mol. The number of hydrogen-bond acceptors (Lipinski definition) is 5. The van der Waals surface area contributed by atoms with Gasteiger partial charge in [0.05, 0.1) is 11.6 Å². The first-order chi connectivity index (χ1) is 12.9. The maximum atomic E-state index is 13.2. The van der Waals surface area contributed by atoms with Gasteiger partial charge in [-0.05, 0) is 31.0 Å². The first-order valence-corrected chi connectivity index (χ1v) is 9.53. The second-order valence-corrected chi connectivity index (χ2v) is 7.49. The van der Waals surface area contributed by atoms with E-state index in [1.807, 2.05) is 6.07 Å². The van der Waals surface area contributed by atoms with Crippen molar-refractivity contribution < 1.29 is 27.4 Å². The maximum Gasteiger partial charge on any atom is 0.392 e. The van der Waals surface area contributed by atoms with Crippen molar-refractivity contribution in [2.45, 2.75) is 31.9 Å². The molecule has 2 aliphatic rings. The van der Waals surface area contributed by atoms with Crippen LogP contribution in [0.3, 0.4) is 0 Å². The number of benzene rings is 1. The molecule has 2 atom stereocenters. The zero-order valence-corrected chi connectivity index (χ0v) is 15.0. The summed E-state index contributed by atoms with van der Waals surface area (Å²) in [4.78, 5) is 16.8. The monoisotopic (exact) mass is 398 g/mol. The lowest BCUT2D eigenvalue weighted by atomic mass is 9.78. The molecular formula is C18H17F3N2O3S. The molecule has 9 heteroatoms. The van der Waals surface area contributed by atoms with E-state index >= 15 is 0 Å². The van der Waals surface area contributed by atoms with Crippen LogP contribution < -0.4 is 14.8 Å². The van der Waals surface area contributed by atoms with Crippen molar-refractivity contribution in [2.24, 2.45) is 11.8 Å². The van der Waals surface area contributed by atoms with Gasteiger partial charge >= 0.3 is 6.18 Å². The highest BCUT2D eigenvalue weighted by Gasteiger charge is 2.48. The first kappa shape index (κ1) is 18.1. The fourth-order valence-electron chi connectivity index (χ4n) is 3.55. The molecule has 0 radical (unpaired) electrons. The van der Waals surface area contributed by atoms with Gasteiger partial charge in [0, 0.05) is 16.9 Å². The Balaban J connectivity index is 1.48. The molecule has 2 heterocycles. The van der Waals surface area contributed by atoms with Crippen LogP contribution in [-0.4, -0.2) is 23.9 Å². The summed E-state index contributed by atoms with van der Waals surface area (Å²) in [5.74, 6) is -1.99. The number of anilines is 1. The Labute approximate surface area is 157 Å². The average Bonchev–Trinajstić information content (AvgIpc) is 3.29. The lowest BCUT2D eigenvalue weighted by molar-refractivity contribution is -0.197. The van der Waals surface area contributed by atoms with Crippen molar-refractivity contribution in [3.8, 4) is 22.8 Å². The molecule has 1 aromatic carbocycles. The Morgan fingerprint density at radius 3 is 2.78 bits per heavy atom. The van der Waals surface area contributed by atoms with E-state index < -0.39 is 23.9 Å². The van der Waals surface area contributed by atoms with Gasteiger partial charge in [0.1, 0.15) is 0 Å². The molecule has 2 aromatic rings. The van der Waals surface area contributed by atoms with Crippen LogP contribution in [0.5, 0.6) is 11.5 Å². The van der Waals surface area contributed by atoms with Crippen molar-refractivity contribution in [1.29, 1.82) is 0 Å². The molecule has 0 unspecified atom stereocenters. The number of fused-ring (bicyclic) bond motifs is 1.